The predicted octanol–water partition coefficient (Wildman–Crippen LogP) is 3.41. The minimum absolute atomic E-state index is 0.0926. The molecule has 0 bridgehead atoms. The second-order valence-corrected chi connectivity index (χ2v) is 7.76. The van der Waals surface area contributed by atoms with Crippen LogP contribution in [0.5, 0.6) is 0 Å². The second kappa shape index (κ2) is 7.16. The predicted molar refractivity (Wildman–Crippen MR) is 111 cm³/mol. The van der Waals surface area contributed by atoms with Crippen LogP contribution in [-0.2, 0) is 11.2 Å². The topological polar surface area (TPSA) is 88.5 Å². The number of carbonyl (C=O) groups excluding carboxylic acids is 1. The molecule has 2 aromatic heterocycles. The molecule has 0 radical (unpaired) electrons. The summed E-state index contributed by atoms with van der Waals surface area (Å²) >= 11 is 0. The molecule has 7 nitrogen and oxygen atoms in total. The van der Waals surface area contributed by atoms with E-state index in [0.29, 0.717) is 0 Å². The van der Waals surface area contributed by atoms with Crippen LogP contribution in [0.4, 0.5) is 0 Å². The largest absolute Gasteiger partial charge is 0.353 e. The van der Waals surface area contributed by atoms with Crippen molar-refractivity contribution in [2.75, 3.05) is 0 Å². The highest BCUT2D eigenvalue weighted by Crippen LogP contribution is 2.32. The summed E-state index contributed by atoms with van der Waals surface area (Å²) < 4.78 is 1.76. The van der Waals surface area contributed by atoms with Crippen molar-refractivity contribution in [3.05, 3.63) is 60.3 Å². The molecule has 2 aromatic carbocycles. The third-order valence-corrected chi connectivity index (χ3v) is 5.88. The third-order valence-electron chi connectivity index (χ3n) is 5.88. The van der Waals surface area contributed by atoms with Crippen molar-refractivity contribution in [2.24, 2.45) is 0 Å². The Kier molecular flexibility index (Phi) is 4.35. The van der Waals surface area contributed by atoms with Gasteiger partial charge in [-0.05, 0) is 43.0 Å². The van der Waals surface area contributed by atoms with E-state index in [1.165, 1.54) is 18.4 Å². The van der Waals surface area contributed by atoms with Gasteiger partial charge in [-0.15, -0.1) is 5.10 Å². The van der Waals surface area contributed by atoms with Crippen LogP contribution in [0.2, 0.25) is 0 Å². The van der Waals surface area contributed by atoms with Crippen LogP contribution in [-0.4, -0.2) is 37.1 Å². The highest BCUT2D eigenvalue weighted by atomic mass is 16.1. The number of fused-ring (bicyclic) bond motifs is 1. The van der Waals surface area contributed by atoms with E-state index in [0.717, 1.165) is 53.7 Å². The molecule has 1 fully saturated rings. The van der Waals surface area contributed by atoms with E-state index >= 15 is 0 Å². The molecule has 29 heavy (non-hydrogen) atoms. The molecule has 0 atom stereocenters. The van der Waals surface area contributed by atoms with E-state index in [4.69, 9.17) is 0 Å². The van der Waals surface area contributed by atoms with Gasteiger partial charge in [-0.3, -0.25) is 9.89 Å². The Morgan fingerprint density at radius 3 is 2.69 bits per heavy atom. The van der Waals surface area contributed by atoms with Crippen LogP contribution < -0.4 is 5.32 Å². The van der Waals surface area contributed by atoms with Gasteiger partial charge in [0.05, 0.1) is 17.4 Å². The maximum Gasteiger partial charge on any atom is 0.207 e. The summed E-state index contributed by atoms with van der Waals surface area (Å²) in [6.45, 7) is 0. The van der Waals surface area contributed by atoms with E-state index in [-0.39, 0.29) is 5.54 Å². The van der Waals surface area contributed by atoms with Gasteiger partial charge in [0.1, 0.15) is 11.4 Å². The number of aromatic amines is 1. The maximum atomic E-state index is 11.0. The van der Waals surface area contributed by atoms with E-state index in [2.05, 4.69) is 38.0 Å². The van der Waals surface area contributed by atoms with Crippen molar-refractivity contribution < 1.29 is 4.79 Å². The fourth-order valence-corrected chi connectivity index (χ4v) is 4.36. The molecule has 1 saturated carbocycles. The summed E-state index contributed by atoms with van der Waals surface area (Å²) in [5.41, 5.74) is 4.56. The van der Waals surface area contributed by atoms with Crippen molar-refractivity contribution >= 4 is 17.3 Å². The molecule has 0 aliphatic heterocycles. The monoisotopic (exact) mass is 386 g/mol. The third kappa shape index (κ3) is 3.29. The van der Waals surface area contributed by atoms with Crippen LogP contribution in [0.1, 0.15) is 31.2 Å². The van der Waals surface area contributed by atoms with Crippen molar-refractivity contribution in [2.45, 2.75) is 37.6 Å². The number of hydrogen-bond acceptors (Lipinski definition) is 4. The first-order valence-electron chi connectivity index (χ1n) is 9.93. The molecule has 0 unspecified atom stereocenters. The first kappa shape index (κ1) is 17.6. The van der Waals surface area contributed by atoms with Gasteiger partial charge in [0.15, 0.2) is 0 Å². The fourth-order valence-electron chi connectivity index (χ4n) is 4.36. The Balaban J connectivity index is 1.38. The molecular weight excluding hydrogens is 364 g/mol. The van der Waals surface area contributed by atoms with Gasteiger partial charge < -0.3 is 5.32 Å². The molecule has 4 aromatic rings. The molecule has 2 heterocycles. The highest BCUT2D eigenvalue weighted by molar-refractivity contribution is 5.91. The molecule has 2 N–H and O–H groups in total. The minimum atomic E-state index is -0.0926. The smallest absolute Gasteiger partial charge is 0.207 e. The van der Waals surface area contributed by atoms with Crippen molar-refractivity contribution in [3.63, 3.8) is 0 Å². The first-order valence-corrected chi connectivity index (χ1v) is 9.93. The average molecular weight is 386 g/mol. The van der Waals surface area contributed by atoms with E-state index in [1.807, 2.05) is 42.6 Å². The van der Waals surface area contributed by atoms with Crippen LogP contribution in [0, 0.1) is 0 Å². The van der Waals surface area contributed by atoms with Crippen LogP contribution >= 0.6 is 0 Å². The van der Waals surface area contributed by atoms with Crippen molar-refractivity contribution in [1.29, 1.82) is 0 Å². The zero-order valence-corrected chi connectivity index (χ0v) is 16.0. The quantitative estimate of drug-likeness (QED) is 0.497. The van der Waals surface area contributed by atoms with E-state index in [1.54, 1.807) is 4.68 Å². The minimum Gasteiger partial charge on any atom is -0.353 e. The zero-order chi connectivity index (χ0) is 19.7. The summed E-state index contributed by atoms with van der Waals surface area (Å²) in [4.78, 5) is 11.0. The number of rotatable bonds is 6. The van der Waals surface area contributed by atoms with Gasteiger partial charge in [-0.1, -0.05) is 48.4 Å². The summed E-state index contributed by atoms with van der Waals surface area (Å²) in [6.07, 6.45) is 8.01. The Bertz CT molecular complexity index is 1140. The zero-order valence-electron chi connectivity index (χ0n) is 16.0. The summed E-state index contributed by atoms with van der Waals surface area (Å²) in [5.74, 6) is 0. The summed E-state index contributed by atoms with van der Waals surface area (Å²) in [5, 5.41) is 20.1. The van der Waals surface area contributed by atoms with E-state index in [9.17, 15) is 4.79 Å². The molecule has 1 aliphatic carbocycles. The lowest BCUT2D eigenvalue weighted by Crippen LogP contribution is -2.43. The fraction of sp³-hybridized carbons (Fsp3) is 0.273. The van der Waals surface area contributed by atoms with Crippen LogP contribution in [0.3, 0.4) is 0 Å². The Morgan fingerprint density at radius 2 is 1.90 bits per heavy atom. The van der Waals surface area contributed by atoms with Gasteiger partial charge in [0.25, 0.3) is 0 Å². The standard InChI is InChI=1S/C22H22N6O/c29-15-23-22(11-3-4-12-22)13-16-7-9-17(10-8-16)28-14-20(25-27-28)21-18-5-1-2-6-19(18)24-26-21/h1-2,5-10,14-15H,3-4,11-13H2,(H,23,29)(H,24,26). The molecule has 1 amide bonds. The molecule has 7 heteroatoms. The lowest BCUT2D eigenvalue weighted by molar-refractivity contribution is -0.111. The highest BCUT2D eigenvalue weighted by Gasteiger charge is 2.33. The van der Waals surface area contributed by atoms with Gasteiger partial charge in [-0.2, -0.15) is 5.10 Å². The Hall–Kier alpha value is -3.48. The summed E-state index contributed by atoms with van der Waals surface area (Å²) in [6, 6.07) is 16.3. The summed E-state index contributed by atoms with van der Waals surface area (Å²) in [7, 11) is 0. The van der Waals surface area contributed by atoms with Gasteiger partial charge >= 0.3 is 0 Å². The number of H-pyrrole nitrogens is 1. The normalized spacial score (nSPS) is 15.6. The Labute approximate surface area is 168 Å². The number of para-hydroxylation sites is 1. The number of nitrogens with one attached hydrogen (secondary N) is 2. The molecule has 0 saturated heterocycles. The number of nitrogens with zero attached hydrogens (tertiary/aromatic N) is 4. The number of aromatic nitrogens is 5. The second-order valence-electron chi connectivity index (χ2n) is 7.76. The lowest BCUT2D eigenvalue weighted by atomic mass is 9.89. The van der Waals surface area contributed by atoms with E-state index < -0.39 is 0 Å². The molecule has 5 rings (SSSR count). The molecular formula is C22H22N6O. The maximum absolute atomic E-state index is 11.0. The SMILES string of the molecule is O=CNC1(Cc2ccc(-n3cc(-c4n[nH]c5ccccc45)nn3)cc2)CCCC1. The lowest BCUT2D eigenvalue weighted by Gasteiger charge is -2.28. The van der Waals surface area contributed by atoms with Crippen LogP contribution in [0.25, 0.3) is 28.0 Å². The van der Waals surface area contributed by atoms with Crippen molar-refractivity contribution in [1.82, 2.24) is 30.5 Å². The number of benzene rings is 2. The number of carbonyl (C=O) groups is 1. The van der Waals surface area contributed by atoms with Gasteiger partial charge in [0, 0.05) is 10.9 Å². The number of amides is 1. The first-order chi connectivity index (χ1) is 14.3. The van der Waals surface area contributed by atoms with Gasteiger partial charge in [0.2, 0.25) is 6.41 Å². The molecule has 0 spiro atoms. The molecule has 146 valence electrons. The van der Waals surface area contributed by atoms with Crippen molar-refractivity contribution in [3.8, 4) is 17.1 Å². The van der Waals surface area contributed by atoms with Gasteiger partial charge in [-0.25, -0.2) is 4.68 Å². The Morgan fingerprint density at radius 1 is 1.10 bits per heavy atom. The average Bonchev–Trinajstić information content (AvgIpc) is 3.48. The number of hydrogen-bond donors (Lipinski definition) is 2. The van der Waals surface area contributed by atoms with Crippen LogP contribution in [0.15, 0.2) is 54.7 Å². The molecule has 1 aliphatic rings.